The second kappa shape index (κ2) is 9.53. The van der Waals surface area contributed by atoms with Gasteiger partial charge >= 0.3 is 5.97 Å². The van der Waals surface area contributed by atoms with E-state index in [1.54, 1.807) is 25.2 Å². The Bertz CT molecular complexity index is 454. The third kappa shape index (κ3) is 7.52. The lowest BCUT2D eigenvalue weighted by Gasteiger charge is -2.35. The molecule has 0 saturated carbocycles. The van der Waals surface area contributed by atoms with E-state index in [0.717, 1.165) is 0 Å². The van der Waals surface area contributed by atoms with Gasteiger partial charge in [-0.25, -0.2) is 4.79 Å². The summed E-state index contributed by atoms with van der Waals surface area (Å²) in [5.41, 5.74) is 0.229. The van der Waals surface area contributed by atoms with Gasteiger partial charge in [-0.05, 0) is 37.2 Å². The maximum atomic E-state index is 11.6. The topological polar surface area (TPSA) is 52.6 Å². The fraction of sp³-hybridized carbons (Fsp3) is 0.529. The monoisotopic (exact) mass is 324 g/mol. The summed E-state index contributed by atoms with van der Waals surface area (Å²) < 4.78 is 10.8. The number of carbonyl (C=O) groups excluding carboxylic acids is 2. The molecule has 0 amide bonds. The maximum absolute atomic E-state index is 11.6. The molecule has 4 nitrogen and oxygen atoms in total. The van der Waals surface area contributed by atoms with Crippen molar-refractivity contribution in [3.8, 4) is 0 Å². The number of allylic oxidation sites excluding steroid dienone is 3. The molecule has 0 aromatic rings. The number of carbonyl (C=O) groups is 2. The second-order valence-corrected chi connectivity index (χ2v) is 11.1. The van der Waals surface area contributed by atoms with Crippen LogP contribution in [-0.2, 0) is 18.8 Å². The fourth-order valence-corrected chi connectivity index (χ4v) is 2.19. The Balaban J connectivity index is 4.50. The van der Waals surface area contributed by atoms with Crippen LogP contribution in [0.25, 0.3) is 0 Å². The predicted molar refractivity (Wildman–Crippen MR) is 92.2 cm³/mol. The number of aldehydes is 1. The van der Waals surface area contributed by atoms with E-state index in [1.165, 1.54) is 6.08 Å². The van der Waals surface area contributed by atoms with E-state index in [1.807, 2.05) is 6.08 Å². The Morgan fingerprint density at radius 2 is 1.82 bits per heavy atom. The van der Waals surface area contributed by atoms with Crippen molar-refractivity contribution < 1.29 is 18.8 Å². The van der Waals surface area contributed by atoms with Gasteiger partial charge < -0.3 is 9.16 Å². The number of rotatable bonds is 8. The minimum Gasteiger partial charge on any atom is -0.462 e. The van der Waals surface area contributed by atoms with Crippen LogP contribution in [0.4, 0.5) is 0 Å². The molecule has 0 saturated heterocycles. The molecule has 0 aliphatic heterocycles. The molecule has 0 fully saturated rings. The Labute approximate surface area is 135 Å². The van der Waals surface area contributed by atoms with Gasteiger partial charge in [0.15, 0.2) is 8.32 Å². The molecule has 0 aliphatic carbocycles. The van der Waals surface area contributed by atoms with Gasteiger partial charge in [0.25, 0.3) is 0 Å². The van der Waals surface area contributed by atoms with E-state index in [9.17, 15) is 9.59 Å². The zero-order chi connectivity index (χ0) is 17.2. The molecule has 0 radical (unpaired) electrons. The van der Waals surface area contributed by atoms with E-state index in [0.29, 0.717) is 12.9 Å². The number of esters is 1. The smallest absolute Gasteiger partial charge is 0.338 e. The van der Waals surface area contributed by atoms with Crippen molar-refractivity contribution >= 4 is 20.6 Å². The summed E-state index contributed by atoms with van der Waals surface area (Å²) in [7, 11) is -1.74. The quantitative estimate of drug-likeness (QED) is 0.224. The Morgan fingerprint density at radius 1 is 1.18 bits per heavy atom. The molecule has 0 bridgehead atoms. The summed E-state index contributed by atoms with van der Waals surface area (Å²) >= 11 is 0. The minimum atomic E-state index is -1.74. The fourth-order valence-electron chi connectivity index (χ4n) is 1.25. The third-order valence-electron chi connectivity index (χ3n) is 3.63. The van der Waals surface area contributed by atoms with Crippen LogP contribution >= 0.6 is 0 Å². The van der Waals surface area contributed by atoms with Crippen molar-refractivity contribution in [1.29, 1.82) is 0 Å². The number of hydrogen-bond acceptors (Lipinski definition) is 4. The van der Waals surface area contributed by atoms with E-state index in [4.69, 9.17) is 9.16 Å². The molecule has 5 heteroatoms. The lowest BCUT2D eigenvalue weighted by atomic mass is 10.2. The van der Waals surface area contributed by atoms with Crippen LogP contribution < -0.4 is 0 Å². The van der Waals surface area contributed by atoms with Gasteiger partial charge in [-0.15, -0.1) is 0 Å². The highest BCUT2D eigenvalue weighted by molar-refractivity contribution is 6.74. The zero-order valence-corrected chi connectivity index (χ0v) is 15.5. The van der Waals surface area contributed by atoms with Crippen LogP contribution in [-0.4, -0.2) is 33.8 Å². The highest BCUT2D eigenvalue weighted by Crippen LogP contribution is 2.36. The summed E-state index contributed by atoms with van der Waals surface area (Å²) in [6, 6.07) is 0. The van der Waals surface area contributed by atoms with Crippen LogP contribution in [0.1, 0.15) is 27.7 Å². The van der Waals surface area contributed by atoms with Crippen LogP contribution in [0.2, 0.25) is 18.1 Å². The lowest BCUT2D eigenvalue weighted by molar-refractivity contribution is -0.138. The van der Waals surface area contributed by atoms with Crippen molar-refractivity contribution in [2.75, 3.05) is 13.2 Å². The van der Waals surface area contributed by atoms with Gasteiger partial charge in [-0.3, -0.25) is 4.79 Å². The molecule has 0 spiro atoms. The Hall–Kier alpha value is -1.46. The number of hydrogen-bond donors (Lipinski definition) is 0. The van der Waals surface area contributed by atoms with Gasteiger partial charge in [-0.1, -0.05) is 39.0 Å². The molecule has 0 heterocycles. The van der Waals surface area contributed by atoms with Crippen molar-refractivity contribution in [2.24, 2.45) is 0 Å². The predicted octanol–water partition coefficient (Wildman–Crippen LogP) is 3.81. The van der Waals surface area contributed by atoms with Crippen molar-refractivity contribution in [3.63, 3.8) is 0 Å². The van der Waals surface area contributed by atoms with Crippen LogP contribution in [0.15, 0.2) is 36.0 Å². The molecule has 22 heavy (non-hydrogen) atoms. The third-order valence-corrected chi connectivity index (χ3v) is 8.13. The normalized spacial score (nSPS) is 13.8. The Morgan fingerprint density at radius 3 is 2.32 bits per heavy atom. The van der Waals surface area contributed by atoms with E-state index in [-0.39, 0.29) is 17.2 Å². The van der Waals surface area contributed by atoms with E-state index in [2.05, 4.69) is 33.9 Å². The summed E-state index contributed by atoms with van der Waals surface area (Å²) in [6.45, 7) is 13.5. The standard InChI is InChI=1S/C17H28O4Si/c1-7-20-16(19)15(12-13-18)11-9-8-10-14-21-22(5,6)17(2,3)4/h8-13H,7,14H2,1-6H3/b10-8+,11-9+,15-12+. The van der Waals surface area contributed by atoms with Gasteiger partial charge in [0.1, 0.15) is 6.29 Å². The molecule has 0 aromatic heterocycles. The van der Waals surface area contributed by atoms with E-state index < -0.39 is 14.3 Å². The second-order valence-electron chi connectivity index (χ2n) is 6.34. The van der Waals surface area contributed by atoms with Crippen LogP contribution in [0.5, 0.6) is 0 Å². The average molecular weight is 324 g/mol. The van der Waals surface area contributed by atoms with Gasteiger partial charge in [0, 0.05) is 0 Å². The van der Waals surface area contributed by atoms with Crippen molar-refractivity contribution in [1.82, 2.24) is 0 Å². The van der Waals surface area contributed by atoms with Crippen molar-refractivity contribution in [2.45, 2.75) is 45.8 Å². The largest absolute Gasteiger partial charge is 0.462 e. The maximum Gasteiger partial charge on any atom is 0.338 e. The lowest BCUT2D eigenvalue weighted by Crippen LogP contribution is -2.40. The molecule has 124 valence electrons. The zero-order valence-electron chi connectivity index (χ0n) is 14.5. The summed E-state index contributed by atoms with van der Waals surface area (Å²) in [5, 5.41) is 0.181. The SMILES string of the molecule is CCOC(=O)C(/C=C/C=C/CO[Si](C)(C)C(C)(C)C)=C/C=O. The summed E-state index contributed by atoms with van der Waals surface area (Å²) in [4.78, 5) is 22.1. The molecule has 0 N–H and O–H groups in total. The van der Waals surface area contributed by atoms with Gasteiger partial charge in [0.2, 0.25) is 0 Å². The first-order valence-electron chi connectivity index (χ1n) is 7.45. The molecule has 0 rings (SSSR count). The molecular formula is C17H28O4Si. The molecule has 0 unspecified atom stereocenters. The van der Waals surface area contributed by atoms with Crippen LogP contribution in [0.3, 0.4) is 0 Å². The first-order chi connectivity index (χ1) is 10.2. The number of ether oxygens (including phenoxy) is 1. The first-order valence-corrected chi connectivity index (χ1v) is 10.4. The summed E-state index contributed by atoms with van der Waals surface area (Å²) in [5.74, 6) is -0.503. The van der Waals surface area contributed by atoms with Gasteiger partial charge in [-0.2, -0.15) is 0 Å². The van der Waals surface area contributed by atoms with E-state index >= 15 is 0 Å². The Kier molecular flexibility index (Phi) is 8.90. The molecule has 0 aromatic carbocycles. The van der Waals surface area contributed by atoms with Gasteiger partial charge in [0.05, 0.1) is 18.8 Å². The highest BCUT2D eigenvalue weighted by Gasteiger charge is 2.36. The minimum absolute atomic E-state index is 0.181. The molecular weight excluding hydrogens is 296 g/mol. The molecule has 0 atom stereocenters. The first kappa shape index (κ1) is 20.5. The summed E-state index contributed by atoms with van der Waals surface area (Å²) in [6.07, 6.45) is 8.69. The van der Waals surface area contributed by atoms with Crippen LogP contribution in [0, 0.1) is 0 Å². The average Bonchev–Trinajstić information content (AvgIpc) is 2.40. The van der Waals surface area contributed by atoms with Crippen molar-refractivity contribution in [3.05, 3.63) is 36.0 Å². The molecule has 0 aliphatic rings. The highest BCUT2D eigenvalue weighted by atomic mass is 28.4.